The van der Waals surface area contributed by atoms with Crippen molar-refractivity contribution >= 4 is 17.9 Å². The molecule has 0 saturated carbocycles. The molecule has 0 bridgehead atoms. The zero-order valence-corrected chi connectivity index (χ0v) is 52.8. The van der Waals surface area contributed by atoms with Gasteiger partial charge in [-0.15, -0.1) is 0 Å². The number of unbranched alkanes of at least 4 members (excludes halogenated alkanes) is 35. The molecular formula is C74H128O6. The monoisotopic (exact) mass is 1110 g/mol. The van der Waals surface area contributed by atoms with Crippen LogP contribution in [0.25, 0.3) is 0 Å². The van der Waals surface area contributed by atoms with Crippen LogP contribution in [0.2, 0.25) is 0 Å². The largest absolute Gasteiger partial charge is 0.462 e. The lowest BCUT2D eigenvalue weighted by Gasteiger charge is -2.18. The zero-order valence-electron chi connectivity index (χ0n) is 52.8. The first-order chi connectivity index (χ1) is 39.5. The average molecular weight is 1110 g/mol. The van der Waals surface area contributed by atoms with Gasteiger partial charge in [0.1, 0.15) is 13.2 Å². The molecule has 80 heavy (non-hydrogen) atoms. The molecule has 0 radical (unpaired) electrons. The number of carbonyl (C=O) groups excluding carboxylic acids is 3. The van der Waals surface area contributed by atoms with Gasteiger partial charge >= 0.3 is 17.9 Å². The summed E-state index contributed by atoms with van der Waals surface area (Å²) in [6.07, 6.45) is 91.6. The second kappa shape index (κ2) is 67.8. The van der Waals surface area contributed by atoms with Crippen LogP contribution in [0.15, 0.2) is 97.2 Å². The molecule has 0 aliphatic carbocycles. The molecule has 0 spiro atoms. The Bertz CT molecular complexity index is 1560. The SMILES string of the molecule is CC/C=C\C/C=C\C/C=C\C/C=C\C/C=C\CCCC(=O)OC(COC(=O)CCCCCCC/C=C\C/C=C\CCCCCC)COC(=O)CCCCCCCCCCCCCCCCCCC/C=C\CCCCCCCCCC. The van der Waals surface area contributed by atoms with Gasteiger partial charge in [0, 0.05) is 19.3 Å². The minimum absolute atomic E-state index is 0.103. The van der Waals surface area contributed by atoms with Crippen molar-refractivity contribution < 1.29 is 28.6 Å². The second-order valence-corrected chi connectivity index (χ2v) is 22.7. The Kier molecular flexibility index (Phi) is 64.7. The number of esters is 3. The van der Waals surface area contributed by atoms with Crippen LogP contribution in [0.3, 0.4) is 0 Å². The predicted octanol–water partition coefficient (Wildman–Crippen LogP) is 23.6. The van der Waals surface area contributed by atoms with Crippen molar-refractivity contribution in [2.24, 2.45) is 0 Å². The van der Waals surface area contributed by atoms with Gasteiger partial charge < -0.3 is 14.2 Å². The molecule has 0 heterocycles. The number of rotatable bonds is 62. The summed E-state index contributed by atoms with van der Waals surface area (Å²) in [5, 5.41) is 0. The molecule has 6 heteroatoms. The Morgan fingerprint density at radius 1 is 0.263 bits per heavy atom. The lowest BCUT2D eigenvalue weighted by molar-refractivity contribution is -0.167. The van der Waals surface area contributed by atoms with Gasteiger partial charge in [-0.2, -0.15) is 0 Å². The molecule has 0 aliphatic rings. The van der Waals surface area contributed by atoms with Crippen LogP contribution < -0.4 is 0 Å². The third kappa shape index (κ3) is 65.1. The summed E-state index contributed by atoms with van der Waals surface area (Å²) in [7, 11) is 0. The summed E-state index contributed by atoms with van der Waals surface area (Å²) in [5.41, 5.74) is 0. The third-order valence-corrected chi connectivity index (χ3v) is 14.8. The molecule has 0 fully saturated rings. The second-order valence-electron chi connectivity index (χ2n) is 22.7. The molecule has 460 valence electrons. The van der Waals surface area contributed by atoms with Crippen molar-refractivity contribution in [1.82, 2.24) is 0 Å². The van der Waals surface area contributed by atoms with E-state index < -0.39 is 6.10 Å². The molecule has 0 amide bonds. The Balaban J connectivity index is 4.31. The van der Waals surface area contributed by atoms with E-state index in [0.717, 1.165) is 103 Å². The Labute approximate surface area is 496 Å². The van der Waals surface area contributed by atoms with Gasteiger partial charge in [0.2, 0.25) is 0 Å². The fourth-order valence-corrected chi connectivity index (χ4v) is 9.68. The van der Waals surface area contributed by atoms with Crippen LogP contribution in [0.4, 0.5) is 0 Å². The molecule has 1 unspecified atom stereocenters. The summed E-state index contributed by atoms with van der Waals surface area (Å²) >= 11 is 0. The first-order valence-electron chi connectivity index (χ1n) is 34.2. The molecule has 1 atom stereocenters. The van der Waals surface area contributed by atoms with Crippen molar-refractivity contribution in [2.45, 2.75) is 341 Å². The maximum absolute atomic E-state index is 12.9. The van der Waals surface area contributed by atoms with Crippen LogP contribution in [-0.2, 0) is 28.6 Å². The molecule has 0 rings (SSSR count). The van der Waals surface area contributed by atoms with E-state index >= 15 is 0 Å². The van der Waals surface area contributed by atoms with Gasteiger partial charge in [0.05, 0.1) is 0 Å². The highest BCUT2D eigenvalue weighted by atomic mass is 16.6. The minimum Gasteiger partial charge on any atom is -0.462 e. The number of ether oxygens (including phenoxy) is 3. The lowest BCUT2D eigenvalue weighted by atomic mass is 10.0. The van der Waals surface area contributed by atoms with Gasteiger partial charge in [-0.3, -0.25) is 14.4 Å². The van der Waals surface area contributed by atoms with Gasteiger partial charge in [0.25, 0.3) is 0 Å². The Hall–Kier alpha value is -3.67. The maximum atomic E-state index is 12.9. The minimum atomic E-state index is -0.815. The normalized spacial score (nSPS) is 12.7. The zero-order chi connectivity index (χ0) is 57.8. The van der Waals surface area contributed by atoms with Crippen molar-refractivity contribution in [3.8, 4) is 0 Å². The standard InChI is InChI=1S/C74H128O6/c1-4-7-10-13-16-19-22-25-28-31-32-33-34-35-36-37-38-39-40-41-42-44-46-49-52-55-58-61-64-67-73(76)79-70-71(69-78-72(75)66-63-60-57-54-51-48-45-30-27-24-21-18-15-12-9-6-3)80-74(77)68-65-62-59-56-53-50-47-43-29-26-23-20-17-14-11-8-5-2/h8,11,17,20-21,24,26,29-32,45,47,50,56,59,71H,4-7,9-10,12-16,18-19,22-23,25,27-28,33-44,46,48-49,51-55,57-58,60-70H2,1-3H3/b11-8-,20-17-,24-21-,29-26-,32-31-,45-30-,50-47-,59-56-. The summed E-state index contributed by atoms with van der Waals surface area (Å²) in [6.45, 7) is 6.48. The summed E-state index contributed by atoms with van der Waals surface area (Å²) in [5.74, 6) is -0.964. The van der Waals surface area contributed by atoms with E-state index in [1.54, 1.807) is 0 Å². The molecule has 6 nitrogen and oxygen atoms in total. The molecule has 0 aromatic rings. The van der Waals surface area contributed by atoms with Crippen molar-refractivity contribution in [3.05, 3.63) is 97.2 Å². The van der Waals surface area contributed by atoms with Gasteiger partial charge in [0.15, 0.2) is 6.10 Å². The molecule has 0 aromatic carbocycles. The topological polar surface area (TPSA) is 78.9 Å². The van der Waals surface area contributed by atoms with Crippen LogP contribution >= 0.6 is 0 Å². The molecule has 0 N–H and O–H groups in total. The summed E-state index contributed by atoms with van der Waals surface area (Å²) < 4.78 is 16.9. The van der Waals surface area contributed by atoms with E-state index in [0.29, 0.717) is 19.3 Å². The van der Waals surface area contributed by atoms with E-state index in [2.05, 4.69) is 118 Å². The van der Waals surface area contributed by atoms with Crippen LogP contribution in [-0.4, -0.2) is 37.2 Å². The van der Waals surface area contributed by atoms with Crippen molar-refractivity contribution in [3.63, 3.8) is 0 Å². The van der Waals surface area contributed by atoms with Crippen molar-refractivity contribution in [2.75, 3.05) is 13.2 Å². The van der Waals surface area contributed by atoms with E-state index in [1.165, 1.54) is 186 Å². The molecule has 0 aromatic heterocycles. The maximum Gasteiger partial charge on any atom is 0.306 e. The lowest BCUT2D eigenvalue weighted by Crippen LogP contribution is -2.30. The van der Waals surface area contributed by atoms with Crippen LogP contribution in [0.5, 0.6) is 0 Å². The third-order valence-electron chi connectivity index (χ3n) is 14.8. The van der Waals surface area contributed by atoms with Gasteiger partial charge in [-0.25, -0.2) is 0 Å². The highest BCUT2D eigenvalue weighted by Crippen LogP contribution is 2.17. The summed E-state index contributed by atoms with van der Waals surface area (Å²) in [4.78, 5) is 38.3. The highest BCUT2D eigenvalue weighted by Gasteiger charge is 2.19. The number of allylic oxidation sites excluding steroid dienone is 16. The average Bonchev–Trinajstić information content (AvgIpc) is 3.46. The summed E-state index contributed by atoms with van der Waals surface area (Å²) in [6, 6.07) is 0. The fraction of sp³-hybridized carbons (Fsp3) is 0.743. The van der Waals surface area contributed by atoms with Crippen molar-refractivity contribution in [1.29, 1.82) is 0 Å². The Morgan fingerprint density at radius 2 is 0.500 bits per heavy atom. The van der Waals surface area contributed by atoms with Gasteiger partial charge in [-0.1, -0.05) is 298 Å². The predicted molar refractivity (Wildman–Crippen MR) is 348 cm³/mol. The van der Waals surface area contributed by atoms with E-state index in [-0.39, 0.29) is 37.5 Å². The van der Waals surface area contributed by atoms with Crippen LogP contribution in [0.1, 0.15) is 335 Å². The molecule has 0 saturated heterocycles. The quantitative estimate of drug-likeness (QED) is 0.0261. The number of hydrogen-bond acceptors (Lipinski definition) is 6. The number of hydrogen-bond donors (Lipinski definition) is 0. The molecular weight excluding hydrogens is 985 g/mol. The molecule has 0 aliphatic heterocycles. The van der Waals surface area contributed by atoms with Gasteiger partial charge in [-0.05, 0) is 116 Å². The van der Waals surface area contributed by atoms with E-state index in [9.17, 15) is 14.4 Å². The first-order valence-corrected chi connectivity index (χ1v) is 34.2. The Morgan fingerprint density at radius 3 is 0.825 bits per heavy atom. The fourth-order valence-electron chi connectivity index (χ4n) is 9.68. The highest BCUT2D eigenvalue weighted by molar-refractivity contribution is 5.71. The van der Waals surface area contributed by atoms with Crippen LogP contribution in [0, 0.1) is 0 Å². The first kappa shape index (κ1) is 76.3. The van der Waals surface area contributed by atoms with E-state index in [4.69, 9.17) is 14.2 Å². The smallest absolute Gasteiger partial charge is 0.306 e. The van der Waals surface area contributed by atoms with E-state index in [1.807, 2.05) is 0 Å². The number of carbonyl (C=O) groups is 3.